The summed E-state index contributed by atoms with van der Waals surface area (Å²) in [6.07, 6.45) is 0. The highest BCUT2D eigenvalue weighted by Crippen LogP contribution is 2.21. The number of piperazine rings is 1. The van der Waals surface area contributed by atoms with Crippen LogP contribution in [0.2, 0.25) is 5.02 Å². The first kappa shape index (κ1) is 19.5. The lowest BCUT2D eigenvalue weighted by Gasteiger charge is -2.32. The van der Waals surface area contributed by atoms with Gasteiger partial charge in [-0.2, -0.15) is 0 Å². The van der Waals surface area contributed by atoms with Crippen LogP contribution in [0.3, 0.4) is 0 Å². The number of carbonyl (C=O) groups is 1. The molecule has 0 radical (unpaired) electrons. The number of methoxy groups -OCH3 is 1. The summed E-state index contributed by atoms with van der Waals surface area (Å²) in [5.74, 6) is 1.52. The largest absolute Gasteiger partial charge is 0.496 e. The predicted molar refractivity (Wildman–Crippen MR) is 106 cm³/mol. The van der Waals surface area contributed by atoms with Crippen molar-refractivity contribution in [3.63, 3.8) is 0 Å². The van der Waals surface area contributed by atoms with E-state index in [1.807, 2.05) is 54.3 Å². The maximum atomic E-state index is 12.9. The van der Waals surface area contributed by atoms with Gasteiger partial charge in [0.2, 0.25) is 0 Å². The van der Waals surface area contributed by atoms with Crippen LogP contribution in [0.5, 0.6) is 11.5 Å². The fourth-order valence-corrected chi connectivity index (χ4v) is 3.41. The lowest BCUT2D eigenvalue weighted by atomic mass is 10.1. The molecule has 1 amide bonds. The summed E-state index contributed by atoms with van der Waals surface area (Å²) in [5.41, 5.74) is 1.70. The Morgan fingerprint density at radius 2 is 1.85 bits per heavy atom. The number of rotatable bonds is 6. The van der Waals surface area contributed by atoms with Gasteiger partial charge in [0.1, 0.15) is 24.7 Å². The average molecular weight is 390 g/mol. The molecule has 2 aromatic rings. The molecule has 5 nitrogen and oxygen atoms in total. The lowest BCUT2D eigenvalue weighted by molar-refractivity contribution is -0.903. The number of benzene rings is 2. The Morgan fingerprint density at radius 1 is 1.15 bits per heavy atom. The Hall–Kier alpha value is -2.24. The van der Waals surface area contributed by atoms with Crippen molar-refractivity contribution in [2.45, 2.75) is 6.92 Å². The third-order valence-corrected chi connectivity index (χ3v) is 5.13. The quantitative estimate of drug-likeness (QED) is 0.822. The van der Waals surface area contributed by atoms with Crippen LogP contribution < -0.4 is 14.4 Å². The summed E-state index contributed by atoms with van der Waals surface area (Å²) in [6, 6.07) is 13.1. The van der Waals surface area contributed by atoms with Crippen LogP contribution in [0.25, 0.3) is 0 Å². The second-order valence-corrected chi connectivity index (χ2v) is 7.23. The Morgan fingerprint density at radius 3 is 2.52 bits per heavy atom. The smallest absolute Gasteiger partial charge is 0.258 e. The normalized spacial score (nSPS) is 14.9. The van der Waals surface area contributed by atoms with Crippen LogP contribution in [-0.2, 0) is 0 Å². The lowest BCUT2D eigenvalue weighted by Crippen LogP contribution is -3.15. The van der Waals surface area contributed by atoms with Crippen molar-refractivity contribution in [3.8, 4) is 11.5 Å². The van der Waals surface area contributed by atoms with Crippen molar-refractivity contribution in [2.24, 2.45) is 0 Å². The van der Waals surface area contributed by atoms with E-state index < -0.39 is 0 Å². The van der Waals surface area contributed by atoms with Crippen LogP contribution in [0, 0.1) is 6.92 Å². The standard InChI is InChI=1S/C21H25ClN2O3/c1-16-3-8-20(26-2)19(15-16)21(25)24-11-9-23(10-12-24)13-14-27-18-6-4-17(22)5-7-18/h3-8,15H,9-14H2,1-2H3/p+1. The molecule has 0 atom stereocenters. The number of nitrogens with zero attached hydrogens (tertiary/aromatic N) is 1. The molecule has 1 saturated heterocycles. The van der Waals surface area contributed by atoms with Crippen molar-refractivity contribution in [1.82, 2.24) is 4.90 Å². The van der Waals surface area contributed by atoms with E-state index in [9.17, 15) is 4.79 Å². The van der Waals surface area contributed by atoms with Crippen LogP contribution >= 0.6 is 11.6 Å². The van der Waals surface area contributed by atoms with Crippen LogP contribution in [0.4, 0.5) is 0 Å². The second-order valence-electron chi connectivity index (χ2n) is 6.80. The predicted octanol–water partition coefficient (Wildman–Crippen LogP) is 2.08. The van der Waals surface area contributed by atoms with Gasteiger partial charge in [0.15, 0.2) is 0 Å². The van der Waals surface area contributed by atoms with Gasteiger partial charge in [-0.3, -0.25) is 4.79 Å². The molecule has 0 spiro atoms. The minimum atomic E-state index is 0.0482. The van der Waals surface area contributed by atoms with E-state index in [4.69, 9.17) is 21.1 Å². The number of quaternary nitrogens is 1. The van der Waals surface area contributed by atoms with E-state index in [-0.39, 0.29) is 5.91 Å². The molecule has 2 aromatic carbocycles. The fraction of sp³-hybridized carbons (Fsp3) is 0.381. The molecular weight excluding hydrogens is 364 g/mol. The summed E-state index contributed by atoms with van der Waals surface area (Å²) in [7, 11) is 1.60. The number of carbonyl (C=O) groups excluding carboxylic acids is 1. The Kier molecular flexibility index (Phi) is 6.58. The Balaban J connectivity index is 1.48. The molecule has 0 bridgehead atoms. The van der Waals surface area contributed by atoms with Gasteiger partial charge in [0, 0.05) is 5.02 Å². The highest BCUT2D eigenvalue weighted by Gasteiger charge is 2.26. The molecule has 1 aliphatic heterocycles. The maximum absolute atomic E-state index is 12.9. The van der Waals surface area contributed by atoms with Gasteiger partial charge in [-0.15, -0.1) is 0 Å². The van der Waals surface area contributed by atoms with Crippen LogP contribution in [-0.4, -0.2) is 57.2 Å². The minimum Gasteiger partial charge on any atom is -0.496 e. The zero-order valence-corrected chi connectivity index (χ0v) is 16.6. The van der Waals surface area contributed by atoms with E-state index in [0.717, 1.165) is 44.0 Å². The second kappa shape index (κ2) is 9.11. The Labute approximate surface area is 165 Å². The van der Waals surface area contributed by atoms with E-state index in [1.54, 1.807) is 7.11 Å². The SMILES string of the molecule is COc1ccc(C)cc1C(=O)N1CC[NH+](CCOc2ccc(Cl)cc2)CC1. The molecule has 0 unspecified atom stereocenters. The molecule has 3 rings (SSSR count). The number of hydrogen-bond acceptors (Lipinski definition) is 3. The van der Waals surface area contributed by atoms with Crippen molar-refractivity contribution >= 4 is 17.5 Å². The molecule has 1 aliphatic rings. The number of hydrogen-bond donors (Lipinski definition) is 1. The van der Waals surface area contributed by atoms with Crippen molar-refractivity contribution in [3.05, 3.63) is 58.6 Å². The first-order chi connectivity index (χ1) is 13.1. The van der Waals surface area contributed by atoms with E-state index in [1.165, 1.54) is 4.90 Å². The molecule has 0 aromatic heterocycles. The molecular formula is C21H26ClN2O3+. The van der Waals surface area contributed by atoms with Crippen molar-refractivity contribution < 1.29 is 19.2 Å². The van der Waals surface area contributed by atoms with E-state index in [2.05, 4.69) is 0 Å². The van der Waals surface area contributed by atoms with Gasteiger partial charge in [-0.25, -0.2) is 0 Å². The summed E-state index contributed by atoms with van der Waals surface area (Å²) < 4.78 is 11.1. The van der Waals surface area contributed by atoms with Gasteiger partial charge in [-0.05, 0) is 43.3 Å². The molecule has 27 heavy (non-hydrogen) atoms. The van der Waals surface area contributed by atoms with Gasteiger partial charge in [-0.1, -0.05) is 23.2 Å². The monoisotopic (exact) mass is 389 g/mol. The summed E-state index contributed by atoms with van der Waals surface area (Å²) >= 11 is 5.88. The van der Waals surface area contributed by atoms with Crippen LogP contribution in [0.15, 0.2) is 42.5 Å². The van der Waals surface area contributed by atoms with Crippen LogP contribution in [0.1, 0.15) is 15.9 Å². The topological polar surface area (TPSA) is 43.2 Å². The highest BCUT2D eigenvalue weighted by atomic mass is 35.5. The molecule has 6 heteroatoms. The molecule has 1 fully saturated rings. The molecule has 1 heterocycles. The maximum Gasteiger partial charge on any atom is 0.258 e. The van der Waals surface area contributed by atoms with Gasteiger partial charge in [0.25, 0.3) is 5.91 Å². The molecule has 0 saturated carbocycles. The zero-order chi connectivity index (χ0) is 19.2. The number of nitrogens with one attached hydrogen (secondary N) is 1. The fourth-order valence-electron chi connectivity index (χ4n) is 3.28. The molecule has 0 aliphatic carbocycles. The third-order valence-electron chi connectivity index (χ3n) is 4.88. The van der Waals surface area contributed by atoms with Gasteiger partial charge < -0.3 is 19.3 Å². The summed E-state index contributed by atoms with van der Waals surface area (Å²) in [6.45, 7) is 6.88. The summed E-state index contributed by atoms with van der Waals surface area (Å²) in [5, 5.41) is 0.707. The Bertz CT molecular complexity index is 771. The van der Waals surface area contributed by atoms with Gasteiger partial charge >= 0.3 is 0 Å². The first-order valence-corrected chi connectivity index (χ1v) is 9.60. The van der Waals surface area contributed by atoms with E-state index in [0.29, 0.717) is 22.9 Å². The van der Waals surface area contributed by atoms with Gasteiger partial charge in [0.05, 0.1) is 38.9 Å². The van der Waals surface area contributed by atoms with Crippen molar-refractivity contribution in [1.29, 1.82) is 0 Å². The van der Waals surface area contributed by atoms with Crippen molar-refractivity contribution in [2.75, 3.05) is 46.4 Å². The number of amides is 1. The highest BCUT2D eigenvalue weighted by molar-refractivity contribution is 6.30. The molecule has 1 N–H and O–H groups in total. The molecule has 144 valence electrons. The average Bonchev–Trinajstić information content (AvgIpc) is 2.69. The number of aryl methyl sites for hydroxylation is 1. The number of halogens is 1. The summed E-state index contributed by atoms with van der Waals surface area (Å²) in [4.78, 5) is 16.2. The third kappa shape index (κ3) is 5.15. The first-order valence-electron chi connectivity index (χ1n) is 9.22. The van der Waals surface area contributed by atoms with E-state index >= 15 is 0 Å². The zero-order valence-electron chi connectivity index (χ0n) is 15.8. The minimum absolute atomic E-state index is 0.0482. The number of ether oxygens (including phenoxy) is 2.